The smallest absolute Gasteiger partial charge is 0.267 e. The summed E-state index contributed by atoms with van der Waals surface area (Å²) in [5, 5.41) is 2.73. The van der Waals surface area contributed by atoms with Crippen LogP contribution in [0.2, 0.25) is 0 Å². The van der Waals surface area contributed by atoms with Gasteiger partial charge in [-0.1, -0.05) is 12.1 Å². The zero-order valence-electron chi connectivity index (χ0n) is 8.00. The molecule has 0 unspecified atom stereocenters. The van der Waals surface area contributed by atoms with E-state index >= 15 is 0 Å². The average Bonchev–Trinajstić information content (AvgIpc) is 2.28. The Hall–Kier alpha value is -1.69. The summed E-state index contributed by atoms with van der Waals surface area (Å²) >= 11 is 3.07. The first-order valence-electron chi connectivity index (χ1n) is 4.43. The summed E-state index contributed by atoms with van der Waals surface area (Å²) in [5.41, 5.74) is -0.0601. The lowest BCUT2D eigenvalue weighted by molar-refractivity contribution is 0.632. The lowest BCUT2D eigenvalue weighted by Crippen LogP contribution is -2.10. The predicted octanol–water partition coefficient (Wildman–Crippen LogP) is 2.42. The Morgan fingerprint density at radius 2 is 2.12 bits per heavy atom. The first-order valence-corrected chi connectivity index (χ1v) is 5.22. The van der Waals surface area contributed by atoms with E-state index in [2.05, 4.69) is 31.2 Å². The van der Waals surface area contributed by atoms with Gasteiger partial charge in [-0.05, 0) is 28.1 Å². The first kappa shape index (κ1) is 10.8. The van der Waals surface area contributed by atoms with Crippen LogP contribution in [0.5, 0.6) is 0 Å². The minimum absolute atomic E-state index is 0.234. The Morgan fingerprint density at radius 3 is 2.88 bits per heavy atom. The maximum Gasteiger partial charge on any atom is 0.267 e. The second kappa shape index (κ2) is 4.44. The minimum atomic E-state index is -0.406. The fourth-order valence-corrected chi connectivity index (χ4v) is 1.48. The molecule has 2 aromatic rings. The molecule has 0 spiro atoms. The van der Waals surface area contributed by atoms with Gasteiger partial charge in [0, 0.05) is 0 Å². The number of aromatic nitrogens is 2. The number of anilines is 2. The van der Waals surface area contributed by atoms with Crippen LogP contribution >= 0.6 is 15.9 Å². The van der Waals surface area contributed by atoms with Gasteiger partial charge in [-0.2, -0.15) is 0 Å². The van der Waals surface area contributed by atoms with Crippen LogP contribution < -0.4 is 10.9 Å². The molecule has 0 bridgehead atoms. The molecule has 0 aliphatic carbocycles. The maximum absolute atomic E-state index is 13.3. The van der Waals surface area contributed by atoms with Crippen molar-refractivity contribution in [3.8, 4) is 0 Å². The number of aromatic amines is 1. The van der Waals surface area contributed by atoms with E-state index in [0.717, 1.165) is 0 Å². The molecule has 6 heteroatoms. The first-order chi connectivity index (χ1) is 7.68. The molecular formula is C10H7BrFN3O. The molecule has 0 saturated carbocycles. The van der Waals surface area contributed by atoms with Gasteiger partial charge in [-0.15, -0.1) is 0 Å². The number of nitrogens with one attached hydrogen (secondary N) is 2. The lowest BCUT2D eigenvalue weighted by atomic mass is 10.3. The van der Waals surface area contributed by atoms with Gasteiger partial charge < -0.3 is 10.3 Å². The van der Waals surface area contributed by atoms with Crippen LogP contribution in [0.15, 0.2) is 39.9 Å². The van der Waals surface area contributed by atoms with Crippen molar-refractivity contribution in [1.82, 2.24) is 9.97 Å². The van der Waals surface area contributed by atoms with E-state index < -0.39 is 5.82 Å². The molecule has 2 N–H and O–H groups in total. The molecule has 1 heterocycles. The average molecular weight is 284 g/mol. The molecule has 0 aliphatic rings. The Bertz CT molecular complexity index is 570. The van der Waals surface area contributed by atoms with E-state index in [1.54, 1.807) is 18.2 Å². The molecule has 0 fully saturated rings. The number of halogens is 2. The fourth-order valence-electron chi connectivity index (χ4n) is 1.16. The predicted molar refractivity (Wildman–Crippen MR) is 62.2 cm³/mol. The van der Waals surface area contributed by atoms with Crippen LogP contribution in [0.4, 0.5) is 15.9 Å². The molecule has 0 amide bonds. The van der Waals surface area contributed by atoms with Gasteiger partial charge >= 0.3 is 0 Å². The van der Waals surface area contributed by atoms with E-state index in [-0.39, 0.29) is 21.5 Å². The van der Waals surface area contributed by atoms with Crippen LogP contribution in [0.1, 0.15) is 0 Å². The van der Waals surface area contributed by atoms with Gasteiger partial charge in [-0.3, -0.25) is 4.79 Å². The monoisotopic (exact) mass is 283 g/mol. The van der Waals surface area contributed by atoms with Gasteiger partial charge in [0.2, 0.25) is 0 Å². The van der Waals surface area contributed by atoms with E-state index in [9.17, 15) is 9.18 Å². The van der Waals surface area contributed by atoms with Crippen molar-refractivity contribution in [2.24, 2.45) is 0 Å². The molecule has 16 heavy (non-hydrogen) atoms. The molecule has 1 aromatic carbocycles. The van der Waals surface area contributed by atoms with Gasteiger partial charge in [0.15, 0.2) is 5.82 Å². The molecule has 0 atom stereocenters. The van der Waals surface area contributed by atoms with E-state index in [1.807, 2.05) is 0 Å². The van der Waals surface area contributed by atoms with Crippen LogP contribution in [0.25, 0.3) is 0 Å². The van der Waals surface area contributed by atoms with Crippen LogP contribution in [-0.4, -0.2) is 9.97 Å². The van der Waals surface area contributed by atoms with E-state index in [0.29, 0.717) is 0 Å². The molecular weight excluding hydrogens is 277 g/mol. The number of hydrogen-bond donors (Lipinski definition) is 2. The Morgan fingerprint density at radius 1 is 1.38 bits per heavy atom. The molecule has 0 radical (unpaired) electrons. The molecule has 82 valence electrons. The fraction of sp³-hybridized carbons (Fsp3) is 0. The van der Waals surface area contributed by atoms with Gasteiger partial charge in [0.05, 0.1) is 12.0 Å². The van der Waals surface area contributed by atoms with Crippen LogP contribution in [0.3, 0.4) is 0 Å². The molecule has 2 rings (SSSR count). The zero-order chi connectivity index (χ0) is 11.5. The van der Waals surface area contributed by atoms with E-state index in [4.69, 9.17) is 0 Å². The molecule has 0 aliphatic heterocycles. The summed E-state index contributed by atoms with van der Waals surface area (Å²) in [4.78, 5) is 17.5. The summed E-state index contributed by atoms with van der Waals surface area (Å²) in [6.45, 7) is 0. The summed E-state index contributed by atoms with van der Waals surface area (Å²) in [6.07, 6.45) is 1.25. The summed E-state index contributed by atoms with van der Waals surface area (Å²) in [7, 11) is 0. The molecule has 1 aromatic heterocycles. The Kier molecular flexibility index (Phi) is 3.00. The maximum atomic E-state index is 13.3. The van der Waals surface area contributed by atoms with E-state index in [1.165, 1.54) is 12.4 Å². The van der Waals surface area contributed by atoms with Gasteiger partial charge in [0.25, 0.3) is 5.56 Å². The normalized spacial score (nSPS) is 10.1. The summed E-state index contributed by atoms with van der Waals surface area (Å²) < 4.78 is 13.6. The van der Waals surface area contributed by atoms with Gasteiger partial charge in [-0.25, -0.2) is 9.37 Å². The van der Waals surface area contributed by atoms with Crippen molar-refractivity contribution in [3.63, 3.8) is 0 Å². The third-order valence-electron chi connectivity index (χ3n) is 1.92. The largest absolute Gasteiger partial charge is 0.337 e. The SMILES string of the molecule is O=c1[nH]cnc(Nc2ccccc2F)c1Br. The van der Waals surface area contributed by atoms with Gasteiger partial charge in [0.1, 0.15) is 10.3 Å². The third kappa shape index (κ3) is 2.11. The zero-order valence-corrected chi connectivity index (χ0v) is 9.58. The van der Waals surface area contributed by atoms with Crippen molar-refractivity contribution in [2.45, 2.75) is 0 Å². The second-order valence-corrected chi connectivity index (χ2v) is 3.79. The number of H-pyrrole nitrogens is 1. The quantitative estimate of drug-likeness (QED) is 0.890. The topological polar surface area (TPSA) is 57.8 Å². The Labute approximate surface area is 98.7 Å². The highest BCUT2D eigenvalue weighted by Crippen LogP contribution is 2.21. The van der Waals surface area contributed by atoms with Crippen molar-refractivity contribution in [3.05, 3.63) is 51.2 Å². The highest BCUT2D eigenvalue weighted by atomic mass is 79.9. The number of nitrogens with zero attached hydrogens (tertiary/aromatic N) is 1. The van der Waals surface area contributed by atoms with Crippen LogP contribution in [0, 0.1) is 5.82 Å². The summed E-state index contributed by atoms with van der Waals surface area (Å²) in [5.74, 6) is -0.134. The second-order valence-electron chi connectivity index (χ2n) is 3.00. The third-order valence-corrected chi connectivity index (χ3v) is 2.66. The minimum Gasteiger partial charge on any atom is -0.337 e. The number of benzene rings is 1. The van der Waals surface area contributed by atoms with Crippen molar-refractivity contribution < 1.29 is 4.39 Å². The highest BCUT2D eigenvalue weighted by molar-refractivity contribution is 9.10. The molecule has 4 nitrogen and oxygen atoms in total. The standard InChI is InChI=1S/C10H7BrFN3O/c11-8-9(13-5-14-10(8)16)15-7-4-2-1-3-6(7)12/h1-5H,(H2,13,14,15,16). The van der Waals surface area contributed by atoms with Crippen LogP contribution in [-0.2, 0) is 0 Å². The number of hydrogen-bond acceptors (Lipinski definition) is 3. The number of para-hydroxylation sites is 1. The molecule has 0 saturated heterocycles. The summed E-state index contributed by atoms with van der Waals surface area (Å²) in [6, 6.07) is 6.15. The van der Waals surface area contributed by atoms with Crippen molar-refractivity contribution in [2.75, 3.05) is 5.32 Å². The van der Waals surface area contributed by atoms with Crippen molar-refractivity contribution in [1.29, 1.82) is 0 Å². The number of rotatable bonds is 2. The Balaban J connectivity index is 2.38. The highest BCUT2D eigenvalue weighted by Gasteiger charge is 2.07. The van der Waals surface area contributed by atoms with Crippen molar-refractivity contribution >= 4 is 27.4 Å². The lowest BCUT2D eigenvalue weighted by Gasteiger charge is -2.06.